The lowest BCUT2D eigenvalue weighted by Gasteiger charge is -2.36. The van der Waals surface area contributed by atoms with Crippen LogP contribution in [0.25, 0.3) is 0 Å². The van der Waals surface area contributed by atoms with Crippen LogP contribution in [0.15, 0.2) is 30.3 Å². The topological polar surface area (TPSA) is 64.7 Å². The first-order valence-electron chi connectivity index (χ1n) is 10.8. The summed E-state index contributed by atoms with van der Waals surface area (Å²) in [6.07, 6.45) is 6.63. The largest absolute Gasteiger partial charge is 0.369 e. The lowest BCUT2D eigenvalue weighted by Crippen LogP contribution is -2.49. The number of nitrogens with zero attached hydrogens (tertiary/aromatic N) is 2. The van der Waals surface area contributed by atoms with Gasteiger partial charge in [-0.15, -0.1) is 0 Å². The number of hydrogen-bond acceptors (Lipinski definition) is 4. The van der Waals surface area contributed by atoms with E-state index in [0.29, 0.717) is 18.9 Å². The molecule has 0 bridgehead atoms. The van der Waals surface area contributed by atoms with Crippen LogP contribution in [-0.2, 0) is 9.59 Å². The fourth-order valence-electron chi connectivity index (χ4n) is 4.19. The predicted octanol–water partition coefficient (Wildman–Crippen LogP) is 2.01. The summed E-state index contributed by atoms with van der Waals surface area (Å²) in [7, 11) is 0. The summed E-state index contributed by atoms with van der Waals surface area (Å²) >= 11 is 0. The van der Waals surface area contributed by atoms with E-state index < -0.39 is 0 Å². The van der Waals surface area contributed by atoms with E-state index in [1.807, 2.05) is 6.07 Å². The Bertz CT molecular complexity index is 608. The molecule has 154 valence electrons. The zero-order chi connectivity index (χ0) is 19.6. The van der Waals surface area contributed by atoms with Gasteiger partial charge in [0.1, 0.15) is 0 Å². The van der Waals surface area contributed by atoms with Crippen LogP contribution in [0.4, 0.5) is 5.69 Å². The fraction of sp³-hybridized carbons (Fsp3) is 0.636. The van der Waals surface area contributed by atoms with E-state index in [1.54, 1.807) is 0 Å². The van der Waals surface area contributed by atoms with E-state index in [9.17, 15) is 9.59 Å². The second kappa shape index (κ2) is 11.1. The number of nitrogens with one attached hydrogen (secondary N) is 2. The molecule has 6 nitrogen and oxygen atoms in total. The van der Waals surface area contributed by atoms with Gasteiger partial charge < -0.3 is 15.5 Å². The highest BCUT2D eigenvalue weighted by atomic mass is 16.2. The molecule has 1 aliphatic carbocycles. The summed E-state index contributed by atoms with van der Waals surface area (Å²) in [5.41, 5.74) is 1.28. The van der Waals surface area contributed by atoms with E-state index in [4.69, 9.17) is 0 Å². The number of rotatable bonds is 8. The third-order valence-electron chi connectivity index (χ3n) is 5.89. The maximum atomic E-state index is 12.0. The van der Waals surface area contributed by atoms with E-state index >= 15 is 0 Å². The second-order valence-corrected chi connectivity index (χ2v) is 8.00. The van der Waals surface area contributed by atoms with Gasteiger partial charge in [-0.25, -0.2) is 0 Å². The molecule has 0 radical (unpaired) electrons. The van der Waals surface area contributed by atoms with Gasteiger partial charge in [0.25, 0.3) is 0 Å². The van der Waals surface area contributed by atoms with Gasteiger partial charge in [-0.05, 0) is 30.9 Å². The SMILES string of the molecule is O=C(CNC(=O)CC1CCCCC1)NCCN1CCN(c2ccccc2)CC1. The number of carbonyl (C=O) groups is 2. The van der Waals surface area contributed by atoms with E-state index in [2.05, 4.69) is 44.7 Å². The van der Waals surface area contributed by atoms with Crippen LogP contribution in [-0.4, -0.2) is 62.5 Å². The molecule has 1 saturated heterocycles. The second-order valence-electron chi connectivity index (χ2n) is 8.00. The summed E-state index contributed by atoms with van der Waals surface area (Å²) in [6.45, 7) is 5.59. The minimum Gasteiger partial charge on any atom is -0.369 e. The first-order valence-corrected chi connectivity index (χ1v) is 10.8. The summed E-state index contributed by atoms with van der Waals surface area (Å²) < 4.78 is 0. The lowest BCUT2D eigenvalue weighted by molar-refractivity contribution is -0.126. The van der Waals surface area contributed by atoms with Crippen LogP contribution < -0.4 is 15.5 Å². The zero-order valence-electron chi connectivity index (χ0n) is 16.9. The number of anilines is 1. The molecule has 1 saturated carbocycles. The van der Waals surface area contributed by atoms with Crippen molar-refractivity contribution in [3.8, 4) is 0 Å². The van der Waals surface area contributed by atoms with Crippen molar-refractivity contribution in [2.24, 2.45) is 5.92 Å². The van der Waals surface area contributed by atoms with Gasteiger partial charge in [-0.2, -0.15) is 0 Å². The quantitative estimate of drug-likeness (QED) is 0.717. The number of para-hydroxylation sites is 1. The van der Waals surface area contributed by atoms with E-state index in [-0.39, 0.29) is 18.4 Å². The molecular weight excluding hydrogens is 352 g/mol. The Morgan fingerprint density at radius 1 is 0.893 bits per heavy atom. The molecule has 1 aromatic rings. The average Bonchev–Trinajstić information content (AvgIpc) is 2.74. The van der Waals surface area contributed by atoms with Crippen LogP contribution in [0.5, 0.6) is 0 Å². The molecule has 1 aliphatic heterocycles. The molecule has 2 N–H and O–H groups in total. The Labute approximate surface area is 168 Å². The van der Waals surface area contributed by atoms with Crippen molar-refractivity contribution in [1.82, 2.24) is 15.5 Å². The molecule has 0 atom stereocenters. The van der Waals surface area contributed by atoms with Crippen LogP contribution in [0.3, 0.4) is 0 Å². The Morgan fingerprint density at radius 3 is 2.32 bits per heavy atom. The van der Waals surface area contributed by atoms with Crippen molar-refractivity contribution in [2.75, 3.05) is 50.7 Å². The summed E-state index contributed by atoms with van der Waals surface area (Å²) in [6, 6.07) is 10.5. The molecule has 6 heteroatoms. The molecule has 28 heavy (non-hydrogen) atoms. The molecule has 0 spiro atoms. The van der Waals surface area contributed by atoms with E-state index in [1.165, 1.54) is 24.9 Å². The summed E-state index contributed by atoms with van der Waals surface area (Å²) in [4.78, 5) is 28.7. The van der Waals surface area contributed by atoms with Gasteiger partial charge >= 0.3 is 0 Å². The molecular formula is C22H34N4O2. The minimum absolute atomic E-state index is 0.0130. The highest BCUT2D eigenvalue weighted by molar-refractivity contribution is 5.84. The normalized spacial score (nSPS) is 18.6. The standard InChI is InChI=1S/C22H34N4O2/c27-21(17-19-7-3-1-4-8-19)24-18-22(28)23-11-12-25-13-15-26(16-14-25)20-9-5-2-6-10-20/h2,5-6,9-10,19H,1,3-4,7-8,11-18H2,(H,23,28)(H,24,27). The molecule has 0 unspecified atom stereocenters. The number of piperazine rings is 1. The van der Waals surface area contributed by atoms with Crippen LogP contribution in [0.2, 0.25) is 0 Å². The smallest absolute Gasteiger partial charge is 0.239 e. The van der Waals surface area contributed by atoms with Crippen molar-refractivity contribution in [3.63, 3.8) is 0 Å². The fourth-order valence-corrected chi connectivity index (χ4v) is 4.19. The molecule has 1 heterocycles. The van der Waals surface area contributed by atoms with Gasteiger partial charge in [0.2, 0.25) is 11.8 Å². The molecule has 2 fully saturated rings. The highest BCUT2D eigenvalue weighted by Gasteiger charge is 2.18. The van der Waals surface area contributed by atoms with Crippen LogP contribution >= 0.6 is 0 Å². The maximum Gasteiger partial charge on any atom is 0.239 e. The maximum absolute atomic E-state index is 12.0. The predicted molar refractivity (Wildman–Crippen MR) is 112 cm³/mol. The van der Waals surface area contributed by atoms with Crippen molar-refractivity contribution < 1.29 is 9.59 Å². The molecule has 2 aliphatic rings. The van der Waals surface area contributed by atoms with Crippen LogP contribution in [0.1, 0.15) is 38.5 Å². The molecule has 1 aromatic carbocycles. The van der Waals surface area contributed by atoms with Crippen molar-refractivity contribution >= 4 is 17.5 Å². The van der Waals surface area contributed by atoms with Crippen molar-refractivity contribution in [2.45, 2.75) is 38.5 Å². The van der Waals surface area contributed by atoms with E-state index in [0.717, 1.165) is 45.6 Å². The number of carbonyl (C=O) groups excluding carboxylic acids is 2. The molecule has 2 amide bonds. The Hall–Kier alpha value is -2.08. The highest BCUT2D eigenvalue weighted by Crippen LogP contribution is 2.25. The Balaban J connectivity index is 1.24. The lowest BCUT2D eigenvalue weighted by atomic mass is 9.87. The first kappa shape index (κ1) is 20.6. The third-order valence-corrected chi connectivity index (χ3v) is 5.89. The van der Waals surface area contributed by atoms with Crippen molar-refractivity contribution in [3.05, 3.63) is 30.3 Å². The third kappa shape index (κ3) is 6.82. The van der Waals surface area contributed by atoms with Crippen molar-refractivity contribution in [1.29, 1.82) is 0 Å². The number of benzene rings is 1. The number of amides is 2. The monoisotopic (exact) mass is 386 g/mol. The van der Waals surface area contributed by atoms with Gasteiger partial charge in [0.05, 0.1) is 6.54 Å². The van der Waals surface area contributed by atoms with Gasteiger partial charge in [0.15, 0.2) is 0 Å². The summed E-state index contributed by atoms with van der Waals surface area (Å²) in [5, 5.41) is 5.69. The molecule has 3 rings (SSSR count). The minimum atomic E-state index is -0.0973. The Morgan fingerprint density at radius 2 is 1.61 bits per heavy atom. The Kier molecular flexibility index (Phi) is 8.15. The molecule has 0 aromatic heterocycles. The summed E-state index contributed by atoms with van der Waals surface area (Å²) in [5.74, 6) is 0.422. The van der Waals surface area contributed by atoms with Gasteiger partial charge in [-0.3, -0.25) is 14.5 Å². The average molecular weight is 387 g/mol. The van der Waals surface area contributed by atoms with Gasteiger partial charge in [0, 0.05) is 51.4 Å². The zero-order valence-corrected chi connectivity index (χ0v) is 16.9. The first-order chi connectivity index (χ1) is 13.7. The van der Waals surface area contributed by atoms with Gasteiger partial charge in [-0.1, -0.05) is 37.5 Å². The number of hydrogen-bond donors (Lipinski definition) is 2. The van der Waals surface area contributed by atoms with Crippen LogP contribution in [0, 0.1) is 5.92 Å².